The summed E-state index contributed by atoms with van der Waals surface area (Å²) < 4.78 is 47.9. The second kappa shape index (κ2) is 10.3. The van der Waals surface area contributed by atoms with Crippen LogP contribution in [-0.2, 0) is 26.2 Å². The fraction of sp³-hybridized carbons (Fsp3) is 0.200. The summed E-state index contributed by atoms with van der Waals surface area (Å²) in [7, 11) is -4.19. The molecule has 0 aromatic heterocycles. The zero-order valence-corrected chi connectivity index (χ0v) is 21.1. The Balaban J connectivity index is 1.71. The maximum atomic E-state index is 13.7. The predicted molar refractivity (Wildman–Crippen MR) is 132 cm³/mol. The van der Waals surface area contributed by atoms with Crippen LogP contribution in [0.1, 0.15) is 18.9 Å². The van der Waals surface area contributed by atoms with Crippen LogP contribution in [0, 0.1) is 5.82 Å². The van der Waals surface area contributed by atoms with Gasteiger partial charge in [-0.05, 0) is 73.2 Å². The molecule has 0 radical (unpaired) electrons. The zero-order valence-electron chi connectivity index (χ0n) is 18.7. The SMILES string of the molecule is CCOc1ccc(N2C(=O)CC(N(Cc3ccc(F)cc3)S(=O)(=O)c3ccc(Br)cc3)C2=O)cc1. The largest absolute Gasteiger partial charge is 0.494 e. The summed E-state index contributed by atoms with van der Waals surface area (Å²) in [5.41, 5.74) is 0.806. The molecule has 10 heteroatoms. The van der Waals surface area contributed by atoms with E-state index >= 15 is 0 Å². The van der Waals surface area contributed by atoms with Gasteiger partial charge < -0.3 is 4.74 Å². The molecule has 3 aromatic carbocycles. The van der Waals surface area contributed by atoms with E-state index in [0.717, 1.165) is 9.21 Å². The normalized spacial score (nSPS) is 16.2. The summed E-state index contributed by atoms with van der Waals surface area (Å²) in [6, 6.07) is 16.5. The number of imide groups is 1. The molecule has 182 valence electrons. The third-order valence-electron chi connectivity index (χ3n) is 5.55. The molecule has 1 heterocycles. The van der Waals surface area contributed by atoms with Gasteiger partial charge in [0, 0.05) is 11.0 Å². The molecule has 2 amide bonds. The number of rotatable bonds is 8. The van der Waals surface area contributed by atoms with Gasteiger partial charge in [0.1, 0.15) is 17.6 Å². The first-order chi connectivity index (χ1) is 16.7. The topological polar surface area (TPSA) is 84.0 Å². The molecule has 1 fully saturated rings. The minimum absolute atomic E-state index is 0.0254. The highest BCUT2D eigenvalue weighted by molar-refractivity contribution is 9.10. The lowest BCUT2D eigenvalue weighted by Gasteiger charge is -2.27. The zero-order chi connectivity index (χ0) is 25.2. The molecule has 1 saturated heterocycles. The van der Waals surface area contributed by atoms with Crippen LogP contribution in [0.5, 0.6) is 5.75 Å². The number of halogens is 2. The summed E-state index contributed by atoms with van der Waals surface area (Å²) in [5, 5.41) is 0. The number of carbonyl (C=O) groups is 2. The van der Waals surface area contributed by atoms with Gasteiger partial charge in [-0.25, -0.2) is 17.7 Å². The first kappa shape index (κ1) is 25.0. The molecular formula is C25H22BrFN2O5S. The maximum absolute atomic E-state index is 13.7. The Hall–Kier alpha value is -3.08. The number of amides is 2. The Kier molecular flexibility index (Phi) is 7.34. The van der Waals surface area contributed by atoms with Crippen molar-refractivity contribution < 1.29 is 27.1 Å². The lowest BCUT2D eigenvalue weighted by molar-refractivity contribution is -0.122. The fourth-order valence-corrected chi connectivity index (χ4v) is 5.68. The quantitative estimate of drug-likeness (QED) is 0.378. The van der Waals surface area contributed by atoms with Crippen LogP contribution in [-0.4, -0.2) is 37.2 Å². The summed E-state index contributed by atoms with van der Waals surface area (Å²) >= 11 is 3.28. The second-order valence-corrected chi connectivity index (χ2v) is 10.7. The van der Waals surface area contributed by atoms with Gasteiger partial charge in [0.05, 0.1) is 23.6 Å². The average Bonchev–Trinajstić information content (AvgIpc) is 3.13. The number of sulfonamides is 1. The molecule has 0 spiro atoms. The molecule has 0 bridgehead atoms. The Bertz CT molecular complexity index is 1330. The van der Waals surface area contributed by atoms with Crippen molar-refractivity contribution in [3.05, 3.63) is 88.6 Å². The third kappa shape index (κ3) is 5.29. The lowest BCUT2D eigenvalue weighted by Crippen LogP contribution is -2.45. The van der Waals surface area contributed by atoms with E-state index in [9.17, 15) is 22.4 Å². The van der Waals surface area contributed by atoms with Gasteiger partial charge in [0.25, 0.3) is 5.91 Å². The molecule has 4 rings (SSSR count). The predicted octanol–water partition coefficient (Wildman–Crippen LogP) is 4.51. The molecule has 7 nitrogen and oxygen atoms in total. The van der Waals surface area contributed by atoms with E-state index in [0.29, 0.717) is 28.1 Å². The molecule has 0 saturated carbocycles. The molecule has 1 aliphatic heterocycles. The minimum atomic E-state index is -4.19. The van der Waals surface area contributed by atoms with E-state index in [-0.39, 0.29) is 17.9 Å². The van der Waals surface area contributed by atoms with Crippen LogP contribution >= 0.6 is 15.9 Å². The van der Waals surface area contributed by atoms with Gasteiger partial charge in [-0.1, -0.05) is 28.1 Å². The number of hydrogen-bond acceptors (Lipinski definition) is 5. The summed E-state index contributed by atoms with van der Waals surface area (Å²) in [5.74, 6) is -1.05. The van der Waals surface area contributed by atoms with E-state index in [4.69, 9.17) is 4.74 Å². The van der Waals surface area contributed by atoms with Crippen molar-refractivity contribution in [2.24, 2.45) is 0 Å². The van der Waals surface area contributed by atoms with E-state index in [2.05, 4.69) is 15.9 Å². The van der Waals surface area contributed by atoms with E-state index in [1.54, 1.807) is 36.4 Å². The highest BCUT2D eigenvalue weighted by atomic mass is 79.9. The first-order valence-electron chi connectivity index (χ1n) is 10.8. The minimum Gasteiger partial charge on any atom is -0.494 e. The second-order valence-electron chi connectivity index (χ2n) is 7.84. The fourth-order valence-electron chi connectivity index (χ4n) is 3.84. The van der Waals surface area contributed by atoms with Gasteiger partial charge in [-0.15, -0.1) is 0 Å². The van der Waals surface area contributed by atoms with Crippen molar-refractivity contribution >= 4 is 43.5 Å². The summed E-state index contributed by atoms with van der Waals surface area (Å²) in [6.45, 7) is 2.10. The van der Waals surface area contributed by atoms with E-state index in [1.165, 1.54) is 36.4 Å². The van der Waals surface area contributed by atoms with Gasteiger partial charge in [-0.3, -0.25) is 9.59 Å². The van der Waals surface area contributed by atoms with Crippen molar-refractivity contribution in [1.29, 1.82) is 0 Å². The number of ether oxygens (including phenoxy) is 1. The number of nitrogens with zero attached hydrogens (tertiary/aromatic N) is 2. The van der Waals surface area contributed by atoms with Crippen LogP contribution in [0.25, 0.3) is 0 Å². The molecule has 1 aliphatic rings. The molecular weight excluding hydrogens is 539 g/mol. The summed E-state index contributed by atoms with van der Waals surface area (Å²) in [6.07, 6.45) is -0.316. The average molecular weight is 561 g/mol. The monoisotopic (exact) mass is 560 g/mol. The van der Waals surface area contributed by atoms with Gasteiger partial charge in [0.15, 0.2) is 0 Å². The number of carbonyl (C=O) groups excluding carboxylic acids is 2. The molecule has 1 atom stereocenters. The van der Waals surface area contributed by atoms with Crippen LogP contribution in [0.4, 0.5) is 10.1 Å². The van der Waals surface area contributed by atoms with Crippen molar-refractivity contribution in [2.75, 3.05) is 11.5 Å². The van der Waals surface area contributed by atoms with Crippen LogP contribution in [0.15, 0.2) is 82.2 Å². The highest BCUT2D eigenvalue weighted by Gasteiger charge is 2.47. The first-order valence-corrected chi connectivity index (χ1v) is 13.1. The highest BCUT2D eigenvalue weighted by Crippen LogP contribution is 2.32. The molecule has 3 aromatic rings. The standard InChI is InChI=1S/C25H22BrFN2O5S/c1-2-34-21-11-9-20(10-12-21)29-24(30)15-23(25(29)31)28(16-17-3-7-19(27)8-4-17)35(32,33)22-13-5-18(26)6-14-22/h3-14,23H,2,15-16H2,1H3. The molecule has 0 aliphatic carbocycles. The Morgan fingerprint density at radius 1 is 1.00 bits per heavy atom. The van der Waals surface area contributed by atoms with Crippen molar-refractivity contribution in [1.82, 2.24) is 4.31 Å². The van der Waals surface area contributed by atoms with Gasteiger partial charge >= 0.3 is 0 Å². The Morgan fingerprint density at radius 2 is 1.63 bits per heavy atom. The number of hydrogen-bond donors (Lipinski definition) is 0. The molecule has 0 N–H and O–H groups in total. The van der Waals surface area contributed by atoms with Crippen LogP contribution in [0.2, 0.25) is 0 Å². The van der Waals surface area contributed by atoms with Crippen molar-refractivity contribution in [3.63, 3.8) is 0 Å². The van der Waals surface area contributed by atoms with Crippen LogP contribution in [0.3, 0.4) is 0 Å². The Morgan fingerprint density at radius 3 is 2.23 bits per heavy atom. The smallest absolute Gasteiger partial charge is 0.252 e. The number of anilines is 1. The number of benzene rings is 3. The van der Waals surface area contributed by atoms with Gasteiger partial charge in [0.2, 0.25) is 15.9 Å². The third-order valence-corrected chi connectivity index (χ3v) is 7.95. The van der Waals surface area contributed by atoms with Crippen molar-refractivity contribution in [3.8, 4) is 5.75 Å². The lowest BCUT2D eigenvalue weighted by atomic mass is 10.2. The summed E-state index contributed by atoms with van der Waals surface area (Å²) in [4.78, 5) is 27.3. The van der Waals surface area contributed by atoms with Crippen LogP contribution < -0.4 is 9.64 Å². The van der Waals surface area contributed by atoms with E-state index < -0.39 is 33.7 Å². The van der Waals surface area contributed by atoms with Crippen molar-refractivity contribution in [2.45, 2.75) is 30.8 Å². The van der Waals surface area contributed by atoms with E-state index in [1.807, 2.05) is 6.92 Å². The Labute approximate surface area is 211 Å². The maximum Gasteiger partial charge on any atom is 0.252 e. The molecule has 1 unspecified atom stereocenters. The van der Waals surface area contributed by atoms with Gasteiger partial charge in [-0.2, -0.15) is 4.31 Å². The molecule has 35 heavy (non-hydrogen) atoms.